The number of aryl methyl sites for hydroxylation is 2. The Labute approximate surface area is 173 Å². The second kappa shape index (κ2) is 8.02. The molecular weight excluding hydrogens is 382 g/mol. The number of carbonyl (C=O) groups excluding carboxylic acids is 3. The third-order valence-corrected chi connectivity index (χ3v) is 5.20. The molecule has 1 aromatic heterocycles. The first-order chi connectivity index (χ1) is 14.5. The largest absolute Gasteiger partial charge is 0.462 e. The zero-order chi connectivity index (χ0) is 21.3. The number of fused-ring (bicyclic) bond motifs is 2. The Morgan fingerprint density at radius 1 is 0.900 bits per heavy atom. The fraction of sp³-hybridized carbons (Fsp3) is 0.261. The minimum Gasteiger partial charge on any atom is -0.462 e. The average molecular weight is 403 g/mol. The summed E-state index contributed by atoms with van der Waals surface area (Å²) < 4.78 is 5.34. The molecule has 7 heteroatoms. The van der Waals surface area contributed by atoms with Gasteiger partial charge < -0.3 is 4.74 Å². The number of rotatable bonds is 6. The maximum atomic E-state index is 12.3. The summed E-state index contributed by atoms with van der Waals surface area (Å²) in [4.78, 5) is 47.1. The van der Waals surface area contributed by atoms with Crippen LogP contribution in [0, 0.1) is 13.8 Å². The molecule has 0 saturated heterocycles. The van der Waals surface area contributed by atoms with E-state index in [1.807, 2.05) is 13.8 Å². The molecule has 1 aliphatic rings. The highest BCUT2D eigenvalue weighted by atomic mass is 16.5. The molecule has 2 heterocycles. The van der Waals surface area contributed by atoms with Crippen molar-refractivity contribution in [3.05, 3.63) is 70.5 Å². The van der Waals surface area contributed by atoms with Crippen molar-refractivity contribution in [2.75, 3.05) is 13.2 Å². The average Bonchev–Trinajstić information content (AvgIpc) is 2.99. The highest BCUT2D eigenvalue weighted by Gasteiger charge is 2.34. The normalized spacial score (nSPS) is 13.1. The van der Waals surface area contributed by atoms with Crippen LogP contribution in [0.4, 0.5) is 0 Å². The first-order valence-corrected chi connectivity index (χ1v) is 9.83. The molecule has 1 aliphatic heterocycles. The van der Waals surface area contributed by atoms with Crippen LogP contribution in [0.15, 0.2) is 42.5 Å². The van der Waals surface area contributed by atoms with Gasteiger partial charge in [0.15, 0.2) is 0 Å². The predicted molar refractivity (Wildman–Crippen MR) is 110 cm³/mol. The number of aromatic nitrogens is 2. The quantitative estimate of drug-likeness (QED) is 0.356. The Hall–Kier alpha value is -3.61. The van der Waals surface area contributed by atoms with Gasteiger partial charge in [-0.25, -0.2) is 14.8 Å². The number of benzene rings is 2. The lowest BCUT2D eigenvalue weighted by molar-refractivity contribution is 0.0486. The van der Waals surface area contributed by atoms with E-state index in [4.69, 9.17) is 4.74 Å². The molecule has 3 aromatic rings. The Balaban J connectivity index is 1.29. The molecule has 0 saturated carbocycles. The van der Waals surface area contributed by atoms with Gasteiger partial charge in [0.1, 0.15) is 0 Å². The van der Waals surface area contributed by atoms with Gasteiger partial charge in [0, 0.05) is 6.54 Å². The van der Waals surface area contributed by atoms with Crippen molar-refractivity contribution in [2.45, 2.75) is 26.7 Å². The summed E-state index contributed by atoms with van der Waals surface area (Å²) in [6.45, 7) is 4.28. The smallest absolute Gasteiger partial charge is 0.338 e. The van der Waals surface area contributed by atoms with E-state index in [1.54, 1.807) is 42.5 Å². The Morgan fingerprint density at radius 3 is 2.20 bits per heavy atom. The van der Waals surface area contributed by atoms with Gasteiger partial charge in [-0.3, -0.25) is 14.5 Å². The topological polar surface area (TPSA) is 89.5 Å². The molecule has 0 unspecified atom stereocenters. The third-order valence-electron chi connectivity index (χ3n) is 5.20. The van der Waals surface area contributed by atoms with Gasteiger partial charge >= 0.3 is 5.97 Å². The van der Waals surface area contributed by atoms with Gasteiger partial charge in [-0.15, -0.1) is 0 Å². The van der Waals surface area contributed by atoms with E-state index >= 15 is 0 Å². The standard InChI is InChI=1S/C23H21N3O4/c1-14-15(2)25-20-13-16(9-10-19(20)24-14)23(29)30-12-6-5-11-26-21(27)17-7-3-4-8-18(17)22(26)28/h3-4,7-10,13H,5-6,11-12H2,1-2H3. The van der Waals surface area contributed by atoms with E-state index in [0.717, 1.165) is 16.9 Å². The van der Waals surface area contributed by atoms with Gasteiger partial charge in [-0.2, -0.15) is 0 Å². The lowest BCUT2D eigenvalue weighted by atomic mass is 10.1. The summed E-state index contributed by atoms with van der Waals surface area (Å²) in [5, 5.41) is 0. The molecule has 2 amide bonds. The maximum absolute atomic E-state index is 12.3. The van der Waals surface area contributed by atoms with Crippen molar-refractivity contribution < 1.29 is 19.1 Å². The second-order valence-electron chi connectivity index (χ2n) is 7.25. The van der Waals surface area contributed by atoms with Crippen molar-refractivity contribution in [1.29, 1.82) is 0 Å². The summed E-state index contributed by atoms with van der Waals surface area (Å²) >= 11 is 0. The number of hydrogen-bond acceptors (Lipinski definition) is 6. The summed E-state index contributed by atoms with van der Waals surface area (Å²) in [6, 6.07) is 11.9. The monoisotopic (exact) mass is 403 g/mol. The molecular formula is C23H21N3O4. The van der Waals surface area contributed by atoms with E-state index in [1.165, 1.54) is 4.90 Å². The molecule has 0 spiro atoms. The van der Waals surface area contributed by atoms with E-state index < -0.39 is 5.97 Å². The Bertz CT molecular complexity index is 1140. The molecule has 7 nitrogen and oxygen atoms in total. The number of ether oxygens (including phenoxy) is 1. The highest BCUT2D eigenvalue weighted by Crippen LogP contribution is 2.22. The lowest BCUT2D eigenvalue weighted by Gasteiger charge is -2.13. The predicted octanol–water partition coefficient (Wildman–Crippen LogP) is 3.48. The van der Waals surface area contributed by atoms with Crippen molar-refractivity contribution in [1.82, 2.24) is 14.9 Å². The Kier molecular flexibility index (Phi) is 5.27. The fourth-order valence-electron chi connectivity index (χ4n) is 3.42. The van der Waals surface area contributed by atoms with Gasteiger partial charge in [-0.1, -0.05) is 12.1 Å². The molecule has 0 bridgehead atoms. The molecule has 0 N–H and O–H groups in total. The van der Waals surface area contributed by atoms with E-state index in [0.29, 0.717) is 41.6 Å². The number of carbonyl (C=O) groups is 3. The van der Waals surface area contributed by atoms with Crippen LogP contribution in [0.1, 0.15) is 55.3 Å². The zero-order valence-electron chi connectivity index (χ0n) is 16.8. The van der Waals surface area contributed by atoms with Crippen LogP contribution in [0.3, 0.4) is 0 Å². The van der Waals surface area contributed by atoms with Crippen LogP contribution in [0.5, 0.6) is 0 Å². The molecule has 0 radical (unpaired) electrons. The van der Waals surface area contributed by atoms with Crippen molar-refractivity contribution in [2.24, 2.45) is 0 Å². The van der Waals surface area contributed by atoms with Crippen LogP contribution in [0.25, 0.3) is 11.0 Å². The van der Waals surface area contributed by atoms with Gasteiger partial charge in [-0.05, 0) is 57.0 Å². The van der Waals surface area contributed by atoms with Crippen LogP contribution >= 0.6 is 0 Å². The summed E-state index contributed by atoms with van der Waals surface area (Å²) in [6.07, 6.45) is 1.10. The molecule has 0 aliphatic carbocycles. The first kappa shape index (κ1) is 19.7. The molecule has 152 valence electrons. The molecule has 0 atom stereocenters. The maximum Gasteiger partial charge on any atom is 0.338 e. The van der Waals surface area contributed by atoms with E-state index in [9.17, 15) is 14.4 Å². The lowest BCUT2D eigenvalue weighted by Crippen LogP contribution is -2.30. The SMILES string of the molecule is Cc1nc2ccc(C(=O)OCCCCN3C(=O)c4ccccc4C3=O)cc2nc1C. The van der Waals surface area contributed by atoms with Gasteiger partial charge in [0.2, 0.25) is 0 Å². The minimum absolute atomic E-state index is 0.207. The zero-order valence-corrected chi connectivity index (χ0v) is 16.8. The first-order valence-electron chi connectivity index (χ1n) is 9.83. The Morgan fingerprint density at radius 2 is 1.53 bits per heavy atom. The number of imide groups is 1. The number of nitrogens with zero attached hydrogens (tertiary/aromatic N) is 3. The highest BCUT2D eigenvalue weighted by molar-refractivity contribution is 6.21. The molecule has 4 rings (SSSR count). The summed E-state index contributed by atoms with van der Waals surface area (Å²) in [5.74, 6) is -0.969. The fourth-order valence-corrected chi connectivity index (χ4v) is 3.42. The van der Waals surface area contributed by atoms with E-state index in [2.05, 4.69) is 9.97 Å². The number of hydrogen-bond donors (Lipinski definition) is 0. The van der Waals surface area contributed by atoms with Crippen LogP contribution < -0.4 is 0 Å². The number of esters is 1. The molecule has 0 fully saturated rings. The van der Waals surface area contributed by atoms with Crippen molar-refractivity contribution in [3.8, 4) is 0 Å². The summed E-state index contributed by atoms with van der Waals surface area (Å²) in [7, 11) is 0. The van der Waals surface area contributed by atoms with Crippen molar-refractivity contribution >= 4 is 28.8 Å². The van der Waals surface area contributed by atoms with E-state index in [-0.39, 0.29) is 18.4 Å². The van der Waals surface area contributed by atoms with Gasteiger partial charge in [0.05, 0.1) is 45.7 Å². The minimum atomic E-state index is -0.433. The van der Waals surface area contributed by atoms with Crippen LogP contribution in [-0.4, -0.2) is 45.8 Å². The number of unbranched alkanes of at least 4 members (excludes halogenated alkanes) is 1. The third kappa shape index (κ3) is 3.66. The van der Waals surface area contributed by atoms with Gasteiger partial charge in [0.25, 0.3) is 11.8 Å². The van der Waals surface area contributed by atoms with Crippen molar-refractivity contribution in [3.63, 3.8) is 0 Å². The molecule has 30 heavy (non-hydrogen) atoms. The van der Waals surface area contributed by atoms with Crippen LogP contribution in [0.2, 0.25) is 0 Å². The second-order valence-corrected chi connectivity index (χ2v) is 7.25. The van der Waals surface area contributed by atoms with Crippen LogP contribution in [-0.2, 0) is 4.74 Å². The number of amides is 2. The summed E-state index contributed by atoms with van der Waals surface area (Å²) in [5.41, 5.74) is 4.36. The molecule has 2 aromatic carbocycles.